The summed E-state index contributed by atoms with van der Waals surface area (Å²) >= 11 is 0. The van der Waals surface area contributed by atoms with Crippen LogP contribution in [-0.4, -0.2) is 40.1 Å². The Morgan fingerprint density at radius 1 is 1.21 bits per heavy atom. The topological polar surface area (TPSA) is 100 Å². The molecular weight excluding hydrogens is 425 g/mol. The van der Waals surface area contributed by atoms with Crippen LogP contribution in [0.1, 0.15) is 48.2 Å². The quantitative estimate of drug-likeness (QED) is 0.600. The summed E-state index contributed by atoms with van der Waals surface area (Å²) in [6.45, 7) is 4.20. The van der Waals surface area contributed by atoms with E-state index in [1.165, 1.54) is 16.7 Å². The van der Waals surface area contributed by atoms with Crippen LogP contribution in [-0.2, 0) is 6.54 Å². The Labute approximate surface area is 189 Å². The maximum atomic E-state index is 13.2. The van der Waals surface area contributed by atoms with Crippen LogP contribution in [0, 0.1) is 11.7 Å². The van der Waals surface area contributed by atoms with Gasteiger partial charge in [-0.25, -0.2) is 14.2 Å². The first kappa shape index (κ1) is 21.4. The monoisotopic (exact) mass is 451 g/mol. The number of carbonyl (C=O) groups excluding carboxylic acids is 1. The second-order valence-electron chi connectivity index (χ2n) is 8.86. The van der Waals surface area contributed by atoms with Crippen molar-refractivity contribution >= 4 is 22.6 Å². The number of fused-ring (bicyclic) bond motifs is 1. The van der Waals surface area contributed by atoms with Crippen LogP contribution in [0.25, 0.3) is 11.0 Å². The number of anilines is 1. The van der Waals surface area contributed by atoms with Crippen molar-refractivity contribution in [2.24, 2.45) is 5.92 Å². The van der Waals surface area contributed by atoms with Crippen LogP contribution in [0.15, 0.2) is 39.9 Å². The van der Waals surface area contributed by atoms with Gasteiger partial charge in [0.25, 0.3) is 11.5 Å². The molecule has 1 aliphatic heterocycles. The molecule has 2 aliphatic rings. The maximum absolute atomic E-state index is 13.2. The molecule has 0 bridgehead atoms. The lowest BCUT2D eigenvalue weighted by Gasteiger charge is -2.19. The van der Waals surface area contributed by atoms with E-state index in [1.54, 1.807) is 25.1 Å². The zero-order valence-electron chi connectivity index (χ0n) is 18.4. The molecule has 0 radical (unpaired) electrons. The summed E-state index contributed by atoms with van der Waals surface area (Å²) in [5, 5.41) is 3.14. The highest BCUT2D eigenvalue weighted by atomic mass is 19.1. The van der Waals surface area contributed by atoms with Gasteiger partial charge < -0.3 is 10.2 Å². The largest absolute Gasteiger partial charge is 0.371 e. The van der Waals surface area contributed by atoms with E-state index in [9.17, 15) is 18.8 Å². The van der Waals surface area contributed by atoms with Crippen LogP contribution in [0.5, 0.6) is 0 Å². The summed E-state index contributed by atoms with van der Waals surface area (Å²) in [6, 6.07) is 8.12. The molecule has 1 aliphatic carbocycles. The fourth-order valence-electron chi connectivity index (χ4n) is 4.57. The van der Waals surface area contributed by atoms with Gasteiger partial charge in [-0.15, -0.1) is 0 Å². The molecule has 172 valence electrons. The fourth-order valence-corrected chi connectivity index (χ4v) is 4.57. The van der Waals surface area contributed by atoms with Gasteiger partial charge in [0.2, 0.25) is 0 Å². The normalized spacial score (nSPS) is 18.1. The summed E-state index contributed by atoms with van der Waals surface area (Å²) in [6.07, 6.45) is 2.87. The van der Waals surface area contributed by atoms with E-state index in [2.05, 4.69) is 20.2 Å². The van der Waals surface area contributed by atoms with Crippen LogP contribution in [0.4, 0.5) is 10.1 Å². The third-order valence-corrected chi connectivity index (χ3v) is 6.55. The lowest BCUT2D eigenvalue weighted by Crippen LogP contribution is -2.34. The maximum Gasteiger partial charge on any atom is 0.329 e. The van der Waals surface area contributed by atoms with Gasteiger partial charge in [0.05, 0.1) is 10.9 Å². The number of nitrogens with zero attached hydrogens (tertiary/aromatic N) is 3. The summed E-state index contributed by atoms with van der Waals surface area (Å²) in [5.74, 6) is -0.0985. The molecule has 8 nitrogen and oxygen atoms in total. The number of hydrogen-bond donors (Lipinski definition) is 2. The van der Waals surface area contributed by atoms with E-state index in [1.807, 2.05) is 0 Å². The number of aromatic nitrogens is 3. The van der Waals surface area contributed by atoms with Gasteiger partial charge in [-0.2, -0.15) is 0 Å². The van der Waals surface area contributed by atoms with E-state index in [0.717, 1.165) is 43.7 Å². The Hall–Kier alpha value is -3.49. The molecule has 1 unspecified atom stereocenters. The molecule has 1 amide bonds. The van der Waals surface area contributed by atoms with Gasteiger partial charge in [-0.1, -0.05) is 0 Å². The third kappa shape index (κ3) is 4.15. The predicted octanol–water partition coefficient (Wildman–Crippen LogP) is 2.38. The van der Waals surface area contributed by atoms with Crippen LogP contribution in [0.2, 0.25) is 0 Å². The average Bonchev–Trinajstić information content (AvgIpc) is 3.55. The number of nitrogens with one attached hydrogen (secondary N) is 2. The standard InChI is InChI=1S/C24H26FN5O3/c1-2-30-21-20(23(32)28-24(30)33)18(11-19(27-21)15-3-4-15)22(31)26-12-14-9-10-29(13-14)17-7-5-16(25)6-8-17/h5-8,11,14-15H,2-4,9-10,12-13H2,1H3,(H,26,31)(H,28,32,33). The van der Waals surface area contributed by atoms with Crippen molar-refractivity contribution in [3.63, 3.8) is 0 Å². The second kappa shape index (κ2) is 8.46. The summed E-state index contributed by atoms with van der Waals surface area (Å²) < 4.78 is 14.6. The van der Waals surface area contributed by atoms with E-state index in [0.29, 0.717) is 13.1 Å². The van der Waals surface area contributed by atoms with Crippen molar-refractivity contribution in [1.29, 1.82) is 0 Å². The Bertz CT molecular complexity index is 1330. The van der Waals surface area contributed by atoms with E-state index in [4.69, 9.17) is 0 Å². The molecule has 2 fully saturated rings. The van der Waals surface area contributed by atoms with Gasteiger partial charge in [-0.3, -0.25) is 19.1 Å². The minimum absolute atomic E-state index is 0.151. The number of halogens is 1. The lowest BCUT2D eigenvalue weighted by molar-refractivity contribution is 0.0949. The van der Waals surface area contributed by atoms with Crippen LogP contribution < -0.4 is 21.5 Å². The van der Waals surface area contributed by atoms with Gasteiger partial charge in [0, 0.05) is 43.5 Å². The number of rotatable bonds is 6. The van der Waals surface area contributed by atoms with E-state index in [-0.39, 0.29) is 40.2 Å². The Balaban J connectivity index is 1.38. The Morgan fingerprint density at radius 2 is 1.97 bits per heavy atom. The molecule has 2 N–H and O–H groups in total. The first-order valence-corrected chi connectivity index (χ1v) is 11.4. The Kier molecular flexibility index (Phi) is 5.47. The SMILES string of the molecule is CCn1c(=O)[nH]c(=O)c2c(C(=O)NCC3CCN(c4ccc(F)cc4)C3)cc(C3CC3)nc21. The molecule has 33 heavy (non-hydrogen) atoms. The van der Waals surface area contributed by atoms with Gasteiger partial charge in [0.1, 0.15) is 5.82 Å². The summed E-state index contributed by atoms with van der Waals surface area (Å²) in [7, 11) is 0. The molecule has 1 aromatic carbocycles. The van der Waals surface area contributed by atoms with Crippen molar-refractivity contribution in [1.82, 2.24) is 19.9 Å². The number of pyridine rings is 1. The lowest BCUT2D eigenvalue weighted by atomic mass is 10.1. The van der Waals surface area contributed by atoms with Crippen molar-refractivity contribution in [3.05, 3.63) is 68.2 Å². The zero-order chi connectivity index (χ0) is 23.1. The molecule has 3 aromatic rings. The highest BCUT2D eigenvalue weighted by Gasteiger charge is 2.29. The first-order chi connectivity index (χ1) is 15.9. The van der Waals surface area contributed by atoms with Crippen LogP contribution in [0.3, 0.4) is 0 Å². The highest BCUT2D eigenvalue weighted by Crippen LogP contribution is 2.39. The van der Waals surface area contributed by atoms with Crippen molar-refractivity contribution in [2.45, 2.75) is 38.6 Å². The summed E-state index contributed by atoms with van der Waals surface area (Å²) in [4.78, 5) is 47.2. The molecule has 1 atom stereocenters. The minimum atomic E-state index is -0.594. The second-order valence-corrected chi connectivity index (χ2v) is 8.86. The smallest absolute Gasteiger partial charge is 0.329 e. The predicted molar refractivity (Wildman–Crippen MR) is 123 cm³/mol. The number of hydrogen-bond acceptors (Lipinski definition) is 5. The number of aromatic amines is 1. The molecule has 2 aromatic heterocycles. The van der Waals surface area contributed by atoms with Gasteiger partial charge >= 0.3 is 5.69 Å². The van der Waals surface area contributed by atoms with Crippen LogP contribution >= 0.6 is 0 Å². The Morgan fingerprint density at radius 3 is 2.67 bits per heavy atom. The molecule has 1 saturated carbocycles. The van der Waals surface area contributed by atoms with Crippen molar-refractivity contribution in [3.8, 4) is 0 Å². The highest BCUT2D eigenvalue weighted by molar-refractivity contribution is 6.05. The first-order valence-electron chi connectivity index (χ1n) is 11.4. The van der Waals surface area contributed by atoms with E-state index < -0.39 is 11.2 Å². The fraction of sp³-hybridized carbons (Fsp3) is 0.417. The molecule has 9 heteroatoms. The molecule has 3 heterocycles. The molecule has 5 rings (SSSR count). The number of amides is 1. The number of H-pyrrole nitrogens is 1. The molecule has 1 saturated heterocycles. The number of benzene rings is 1. The minimum Gasteiger partial charge on any atom is -0.371 e. The zero-order valence-corrected chi connectivity index (χ0v) is 18.4. The molecular formula is C24H26FN5O3. The summed E-state index contributed by atoms with van der Waals surface area (Å²) in [5.41, 5.74) is 1.13. The van der Waals surface area contributed by atoms with Crippen molar-refractivity contribution in [2.75, 3.05) is 24.5 Å². The van der Waals surface area contributed by atoms with Gasteiger partial charge in [0.15, 0.2) is 5.65 Å². The number of carbonyl (C=O) groups is 1. The van der Waals surface area contributed by atoms with Crippen molar-refractivity contribution < 1.29 is 9.18 Å². The third-order valence-electron chi connectivity index (χ3n) is 6.55. The van der Waals surface area contributed by atoms with Gasteiger partial charge in [-0.05, 0) is 62.4 Å². The number of aryl methyl sites for hydroxylation is 1. The van der Waals surface area contributed by atoms with E-state index >= 15 is 0 Å². The molecule has 0 spiro atoms. The average molecular weight is 452 g/mol.